The minimum Gasteiger partial charge on any atom is -0.486 e. The molecule has 1 aromatic carbocycles. The number of hydrogen-bond donors (Lipinski definition) is 0. The van der Waals surface area contributed by atoms with Gasteiger partial charge in [0.1, 0.15) is 16.7 Å². The fourth-order valence-corrected chi connectivity index (χ4v) is 4.83. The lowest BCUT2D eigenvalue weighted by Crippen LogP contribution is -1.99. The van der Waals surface area contributed by atoms with Gasteiger partial charge >= 0.3 is 0 Å². The van der Waals surface area contributed by atoms with Crippen LogP contribution in [0.1, 0.15) is 16.4 Å². The molecule has 0 bridgehead atoms. The summed E-state index contributed by atoms with van der Waals surface area (Å²) in [5.74, 6) is 3.51. The molecule has 24 heavy (non-hydrogen) atoms. The summed E-state index contributed by atoms with van der Waals surface area (Å²) in [6, 6.07) is 8.01. The van der Waals surface area contributed by atoms with Crippen LogP contribution in [0.3, 0.4) is 0 Å². The van der Waals surface area contributed by atoms with Crippen molar-refractivity contribution in [3.63, 3.8) is 0 Å². The molecule has 0 saturated heterocycles. The highest BCUT2D eigenvalue weighted by Crippen LogP contribution is 2.25. The van der Waals surface area contributed by atoms with Crippen molar-refractivity contribution in [3.05, 3.63) is 40.7 Å². The van der Waals surface area contributed by atoms with Gasteiger partial charge < -0.3 is 4.74 Å². The lowest BCUT2D eigenvalue weighted by atomic mass is 10.2. The maximum atomic E-state index is 5.79. The molecule has 4 rings (SSSR count). The van der Waals surface area contributed by atoms with Gasteiger partial charge in [0, 0.05) is 5.75 Å². The Morgan fingerprint density at radius 1 is 1.25 bits per heavy atom. The SMILES string of the molecule is Cc1ccc(OCc2nn3c(CSC4=NCCS4)nnc3s2)cc1. The van der Waals surface area contributed by atoms with Crippen molar-refractivity contribution in [2.75, 3.05) is 12.3 Å². The van der Waals surface area contributed by atoms with Gasteiger partial charge in [-0.3, -0.25) is 4.99 Å². The van der Waals surface area contributed by atoms with Crippen LogP contribution >= 0.6 is 34.9 Å². The highest BCUT2D eigenvalue weighted by atomic mass is 32.2. The van der Waals surface area contributed by atoms with E-state index in [9.17, 15) is 0 Å². The third kappa shape index (κ3) is 3.57. The van der Waals surface area contributed by atoms with E-state index >= 15 is 0 Å². The van der Waals surface area contributed by atoms with Gasteiger partial charge in [0.05, 0.1) is 12.3 Å². The van der Waals surface area contributed by atoms with Crippen molar-refractivity contribution in [2.24, 2.45) is 4.99 Å². The molecule has 2 aromatic heterocycles. The Balaban J connectivity index is 1.42. The van der Waals surface area contributed by atoms with Gasteiger partial charge in [0.2, 0.25) is 4.96 Å². The van der Waals surface area contributed by atoms with Gasteiger partial charge in [0.15, 0.2) is 10.8 Å². The lowest BCUT2D eigenvalue weighted by molar-refractivity contribution is 0.304. The number of benzene rings is 1. The van der Waals surface area contributed by atoms with Crippen molar-refractivity contribution in [1.29, 1.82) is 0 Å². The number of aliphatic imine (C=N–C) groups is 1. The Bertz CT molecular complexity index is 871. The zero-order valence-electron chi connectivity index (χ0n) is 13.0. The van der Waals surface area contributed by atoms with E-state index in [0.717, 1.165) is 44.0 Å². The molecule has 1 aliphatic rings. The molecule has 6 nitrogen and oxygen atoms in total. The maximum Gasteiger partial charge on any atom is 0.234 e. The van der Waals surface area contributed by atoms with E-state index in [0.29, 0.717) is 6.61 Å². The first-order valence-corrected chi connectivity index (χ1v) is 10.3. The molecule has 0 fully saturated rings. The largest absolute Gasteiger partial charge is 0.486 e. The molecular weight excluding hydrogens is 362 g/mol. The third-order valence-corrected chi connectivity index (χ3v) is 6.48. The van der Waals surface area contributed by atoms with Crippen molar-refractivity contribution in [3.8, 4) is 5.75 Å². The number of thioether (sulfide) groups is 2. The highest BCUT2D eigenvalue weighted by molar-refractivity contribution is 8.38. The molecule has 0 N–H and O–H groups in total. The summed E-state index contributed by atoms with van der Waals surface area (Å²) in [5, 5.41) is 13.9. The van der Waals surface area contributed by atoms with E-state index in [1.54, 1.807) is 23.5 Å². The van der Waals surface area contributed by atoms with E-state index in [4.69, 9.17) is 4.74 Å². The molecular formula is C15H15N5OS3. The van der Waals surface area contributed by atoms with E-state index in [1.807, 2.05) is 28.8 Å². The maximum absolute atomic E-state index is 5.79. The van der Waals surface area contributed by atoms with Gasteiger partial charge in [-0.2, -0.15) is 9.61 Å². The highest BCUT2D eigenvalue weighted by Gasteiger charge is 2.14. The number of rotatable bonds is 5. The number of aryl methyl sites for hydroxylation is 1. The second-order valence-corrected chi connectivity index (χ2v) is 8.54. The Morgan fingerprint density at radius 2 is 2.12 bits per heavy atom. The van der Waals surface area contributed by atoms with Crippen LogP contribution in [0.5, 0.6) is 5.75 Å². The van der Waals surface area contributed by atoms with E-state index in [2.05, 4.69) is 27.2 Å². The Hall–Kier alpha value is -1.58. The number of ether oxygens (including phenoxy) is 1. The van der Waals surface area contributed by atoms with Crippen LogP contribution in [-0.4, -0.2) is 36.5 Å². The summed E-state index contributed by atoms with van der Waals surface area (Å²) in [7, 11) is 0. The van der Waals surface area contributed by atoms with Crippen LogP contribution in [-0.2, 0) is 12.4 Å². The second-order valence-electron chi connectivity index (χ2n) is 5.19. The first kappa shape index (κ1) is 15.9. The Labute approximate surface area is 151 Å². The van der Waals surface area contributed by atoms with E-state index in [-0.39, 0.29) is 0 Å². The van der Waals surface area contributed by atoms with Crippen LogP contribution in [0.25, 0.3) is 4.96 Å². The van der Waals surface area contributed by atoms with Crippen LogP contribution in [0.15, 0.2) is 29.3 Å². The van der Waals surface area contributed by atoms with Crippen LogP contribution in [0.4, 0.5) is 0 Å². The van der Waals surface area contributed by atoms with Gasteiger partial charge in [-0.25, -0.2) is 0 Å². The minimum atomic E-state index is 0.437. The Morgan fingerprint density at radius 3 is 2.92 bits per heavy atom. The number of fused-ring (bicyclic) bond motifs is 1. The van der Waals surface area contributed by atoms with E-state index < -0.39 is 0 Å². The van der Waals surface area contributed by atoms with Gasteiger partial charge in [-0.15, -0.1) is 10.2 Å². The standard InChI is InChI=1S/C15H15N5OS3/c1-10-2-4-11(5-3-10)21-8-13-19-20-12(17-18-14(20)24-13)9-23-15-16-6-7-22-15/h2-5H,6-9H2,1H3. The van der Waals surface area contributed by atoms with E-state index in [1.165, 1.54) is 16.9 Å². The van der Waals surface area contributed by atoms with Gasteiger partial charge in [-0.05, 0) is 19.1 Å². The molecule has 0 aliphatic carbocycles. The smallest absolute Gasteiger partial charge is 0.234 e. The molecule has 0 saturated carbocycles. The molecule has 0 atom stereocenters. The number of nitrogens with zero attached hydrogens (tertiary/aromatic N) is 5. The van der Waals surface area contributed by atoms with Crippen molar-refractivity contribution in [1.82, 2.24) is 19.8 Å². The minimum absolute atomic E-state index is 0.437. The van der Waals surface area contributed by atoms with Crippen LogP contribution in [0, 0.1) is 6.92 Å². The first-order chi connectivity index (χ1) is 11.8. The molecule has 9 heteroatoms. The van der Waals surface area contributed by atoms with Gasteiger partial charge in [0.25, 0.3) is 0 Å². The molecule has 0 unspecified atom stereocenters. The lowest BCUT2D eigenvalue weighted by Gasteiger charge is -2.03. The Kier molecular flexibility index (Phi) is 4.72. The average Bonchev–Trinajstić information content (AvgIpc) is 3.30. The summed E-state index contributed by atoms with van der Waals surface area (Å²) >= 11 is 5.01. The fourth-order valence-electron chi connectivity index (χ4n) is 2.15. The number of hydrogen-bond acceptors (Lipinski definition) is 8. The summed E-state index contributed by atoms with van der Waals surface area (Å²) < 4.78 is 8.73. The monoisotopic (exact) mass is 377 g/mol. The molecule has 0 radical (unpaired) electrons. The molecule has 1 aliphatic heterocycles. The summed E-state index contributed by atoms with van der Waals surface area (Å²) in [6.07, 6.45) is 0. The third-order valence-electron chi connectivity index (χ3n) is 3.36. The average molecular weight is 378 g/mol. The van der Waals surface area contributed by atoms with Gasteiger partial charge in [-0.1, -0.05) is 52.6 Å². The van der Waals surface area contributed by atoms with Crippen molar-refractivity contribution < 1.29 is 4.74 Å². The van der Waals surface area contributed by atoms with Crippen molar-refractivity contribution >= 4 is 44.2 Å². The normalized spacial score (nSPS) is 14.3. The van der Waals surface area contributed by atoms with Crippen molar-refractivity contribution in [2.45, 2.75) is 19.3 Å². The summed E-state index contributed by atoms with van der Waals surface area (Å²) in [5.41, 5.74) is 1.22. The molecule has 124 valence electrons. The van der Waals surface area contributed by atoms with Crippen LogP contribution < -0.4 is 4.74 Å². The quantitative estimate of drug-likeness (QED) is 0.679. The molecule has 0 amide bonds. The predicted octanol–water partition coefficient (Wildman–Crippen LogP) is 3.41. The number of aromatic nitrogens is 4. The molecule has 0 spiro atoms. The predicted molar refractivity (Wildman–Crippen MR) is 100 cm³/mol. The topological polar surface area (TPSA) is 64.7 Å². The second kappa shape index (κ2) is 7.12. The first-order valence-electron chi connectivity index (χ1n) is 7.47. The summed E-state index contributed by atoms with van der Waals surface area (Å²) in [6.45, 7) is 3.41. The zero-order valence-corrected chi connectivity index (χ0v) is 15.5. The van der Waals surface area contributed by atoms with Crippen LogP contribution in [0.2, 0.25) is 0 Å². The zero-order chi connectivity index (χ0) is 16.4. The molecule has 3 heterocycles. The molecule has 3 aromatic rings. The fraction of sp³-hybridized carbons (Fsp3) is 0.333. The summed E-state index contributed by atoms with van der Waals surface area (Å²) in [4.78, 5) is 5.24.